The number of nitrogens with zero attached hydrogens (tertiary/aromatic N) is 1. The Bertz CT molecular complexity index is 445. The average Bonchev–Trinajstić information content (AvgIpc) is 2.74. The predicted molar refractivity (Wildman–Crippen MR) is 70.9 cm³/mol. The Balaban J connectivity index is 2.04. The van der Waals surface area contributed by atoms with Gasteiger partial charge in [0.05, 0.1) is 0 Å². The van der Waals surface area contributed by atoms with Gasteiger partial charge in [-0.25, -0.2) is 8.78 Å². The molecule has 2 nitrogen and oxygen atoms in total. The third-order valence-corrected chi connectivity index (χ3v) is 3.98. The highest BCUT2D eigenvalue weighted by atomic mass is 19.1. The Morgan fingerprint density at radius 1 is 1.26 bits per heavy atom. The van der Waals surface area contributed by atoms with Gasteiger partial charge in [0.1, 0.15) is 0 Å². The topological polar surface area (TPSA) is 23.5 Å². The molecule has 1 aromatic rings. The lowest BCUT2D eigenvalue weighted by molar-refractivity contribution is 0.226. The number of halogens is 2. The van der Waals surface area contributed by atoms with Crippen molar-refractivity contribution in [3.63, 3.8) is 0 Å². The van der Waals surface area contributed by atoms with E-state index in [1.54, 1.807) is 0 Å². The molecule has 4 heteroatoms. The van der Waals surface area contributed by atoms with Gasteiger partial charge in [-0.2, -0.15) is 0 Å². The molecule has 1 aromatic carbocycles. The van der Waals surface area contributed by atoms with Crippen LogP contribution in [0.1, 0.15) is 32.8 Å². The van der Waals surface area contributed by atoms with Crippen molar-refractivity contribution >= 4 is 0 Å². The highest BCUT2D eigenvalue weighted by Crippen LogP contribution is 2.34. The molecule has 1 aliphatic rings. The van der Waals surface area contributed by atoms with Crippen LogP contribution in [0.4, 0.5) is 8.78 Å². The zero-order valence-electron chi connectivity index (χ0n) is 11.7. The van der Waals surface area contributed by atoms with E-state index in [4.69, 9.17) is 5.11 Å². The number of aromatic hydroxyl groups is 1. The lowest BCUT2D eigenvalue weighted by atomic mass is 9.80. The fraction of sp³-hybridized carbons (Fsp3) is 0.600. The number of hydrogen-bond donors (Lipinski definition) is 1. The fourth-order valence-corrected chi connectivity index (χ4v) is 2.65. The molecular weight excluding hydrogens is 248 g/mol. The summed E-state index contributed by atoms with van der Waals surface area (Å²) in [6.07, 6.45) is 1.12. The Kier molecular flexibility index (Phi) is 3.81. The standard InChI is InChI=1S/C15H21F2NO/c1-15(2,3)11-4-5-18(9-11)8-10-6-12(16)14(19)13(17)7-10/h6-7,11,19H,4-5,8-9H2,1-3H3. The van der Waals surface area contributed by atoms with E-state index in [0.29, 0.717) is 18.0 Å². The molecule has 0 aromatic heterocycles. The molecule has 1 N–H and O–H groups in total. The molecule has 0 radical (unpaired) electrons. The summed E-state index contributed by atoms with van der Waals surface area (Å²) < 4.78 is 26.5. The summed E-state index contributed by atoms with van der Waals surface area (Å²) >= 11 is 0. The van der Waals surface area contributed by atoms with Crippen LogP contribution >= 0.6 is 0 Å². The molecule has 1 unspecified atom stereocenters. The van der Waals surface area contributed by atoms with Crippen molar-refractivity contribution in [1.29, 1.82) is 0 Å². The molecule has 0 aliphatic carbocycles. The Hall–Kier alpha value is -1.16. The SMILES string of the molecule is CC(C)(C)C1CCN(Cc2cc(F)c(O)c(F)c2)C1. The van der Waals surface area contributed by atoms with E-state index in [1.807, 2.05) is 0 Å². The van der Waals surface area contributed by atoms with Crippen LogP contribution in [0.3, 0.4) is 0 Å². The fourth-order valence-electron chi connectivity index (χ4n) is 2.65. The van der Waals surface area contributed by atoms with Crippen molar-refractivity contribution in [2.24, 2.45) is 11.3 Å². The van der Waals surface area contributed by atoms with Crippen LogP contribution in [0.15, 0.2) is 12.1 Å². The van der Waals surface area contributed by atoms with Crippen LogP contribution in [-0.2, 0) is 6.54 Å². The predicted octanol–water partition coefficient (Wildman–Crippen LogP) is 3.54. The second-order valence-electron chi connectivity index (χ2n) is 6.49. The first-order valence-electron chi connectivity index (χ1n) is 6.66. The summed E-state index contributed by atoms with van der Waals surface area (Å²) in [5.74, 6) is -2.06. The first-order chi connectivity index (χ1) is 8.77. The van der Waals surface area contributed by atoms with Gasteiger partial charge in [-0.05, 0) is 42.0 Å². The molecular formula is C15H21F2NO. The lowest BCUT2D eigenvalue weighted by Gasteiger charge is -2.27. The molecule has 1 saturated heterocycles. The van der Waals surface area contributed by atoms with E-state index in [2.05, 4.69) is 25.7 Å². The van der Waals surface area contributed by atoms with Crippen molar-refractivity contribution in [2.75, 3.05) is 13.1 Å². The van der Waals surface area contributed by atoms with Gasteiger partial charge in [0, 0.05) is 13.1 Å². The third-order valence-electron chi connectivity index (χ3n) is 3.98. The molecule has 1 aliphatic heterocycles. The van der Waals surface area contributed by atoms with E-state index in [-0.39, 0.29) is 5.41 Å². The monoisotopic (exact) mass is 269 g/mol. The van der Waals surface area contributed by atoms with Crippen molar-refractivity contribution in [3.8, 4) is 5.75 Å². The zero-order chi connectivity index (χ0) is 14.2. The van der Waals surface area contributed by atoms with Gasteiger partial charge in [0.25, 0.3) is 0 Å². The summed E-state index contributed by atoms with van der Waals surface area (Å²) in [4.78, 5) is 2.21. The first kappa shape index (κ1) is 14.3. The molecule has 106 valence electrons. The van der Waals surface area contributed by atoms with Gasteiger partial charge >= 0.3 is 0 Å². The van der Waals surface area contributed by atoms with E-state index in [0.717, 1.165) is 19.5 Å². The van der Waals surface area contributed by atoms with Crippen molar-refractivity contribution in [1.82, 2.24) is 4.90 Å². The molecule has 19 heavy (non-hydrogen) atoms. The molecule has 1 atom stereocenters. The minimum atomic E-state index is -0.891. The Morgan fingerprint density at radius 2 is 1.84 bits per heavy atom. The van der Waals surface area contributed by atoms with E-state index >= 15 is 0 Å². The highest BCUT2D eigenvalue weighted by Gasteiger charge is 2.31. The minimum Gasteiger partial charge on any atom is -0.503 e. The smallest absolute Gasteiger partial charge is 0.187 e. The summed E-state index contributed by atoms with van der Waals surface area (Å²) in [5.41, 5.74) is 0.836. The quantitative estimate of drug-likeness (QED) is 0.887. The number of rotatable bonds is 2. The van der Waals surface area contributed by atoms with Gasteiger partial charge in [0.2, 0.25) is 0 Å². The summed E-state index contributed by atoms with van der Waals surface area (Å²) in [6, 6.07) is 2.42. The number of phenols is 1. The minimum absolute atomic E-state index is 0.264. The van der Waals surface area contributed by atoms with Crippen LogP contribution in [0, 0.1) is 23.0 Å². The van der Waals surface area contributed by atoms with E-state index in [1.165, 1.54) is 12.1 Å². The second kappa shape index (κ2) is 5.08. The van der Waals surface area contributed by atoms with Gasteiger partial charge < -0.3 is 5.11 Å². The van der Waals surface area contributed by atoms with Gasteiger partial charge in [0.15, 0.2) is 17.4 Å². The summed E-state index contributed by atoms with van der Waals surface area (Å²) in [5, 5.41) is 9.08. The Labute approximate surface area is 113 Å². The van der Waals surface area contributed by atoms with Crippen LogP contribution in [0.5, 0.6) is 5.75 Å². The number of hydrogen-bond acceptors (Lipinski definition) is 2. The van der Waals surface area contributed by atoms with Crippen LogP contribution in [0.2, 0.25) is 0 Å². The number of likely N-dealkylation sites (tertiary alicyclic amines) is 1. The van der Waals surface area contributed by atoms with Crippen molar-refractivity contribution < 1.29 is 13.9 Å². The van der Waals surface area contributed by atoms with Crippen LogP contribution in [-0.4, -0.2) is 23.1 Å². The first-order valence-corrected chi connectivity index (χ1v) is 6.66. The molecule has 0 amide bonds. The maximum Gasteiger partial charge on any atom is 0.187 e. The largest absolute Gasteiger partial charge is 0.503 e. The number of benzene rings is 1. The molecule has 2 rings (SSSR count). The van der Waals surface area contributed by atoms with Crippen LogP contribution in [0.25, 0.3) is 0 Å². The van der Waals surface area contributed by atoms with Gasteiger partial charge in [-0.1, -0.05) is 20.8 Å². The molecule has 0 saturated carbocycles. The molecule has 1 fully saturated rings. The summed E-state index contributed by atoms with van der Waals surface area (Å²) in [7, 11) is 0. The Morgan fingerprint density at radius 3 is 2.32 bits per heavy atom. The zero-order valence-corrected chi connectivity index (χ0v) is 11.7. The average molecular weight is 269 g/mol. The van der Waals surface area contributed by atoms with Crippen molar-refractivity contribution in [2.45, 2.75) is 33.7 Å². The maximum absolute atomic E-state index is 13.3. The van der Waals surface area contributed by atoms with E-state index in [9.17, 15) is 8.78 Å². The highest BCUT2D eigenvalue weighted by molar-refractivity contribution is 5.30. The second-order valence-corrected chi connectivity index (χ2v) is 6.49. The molecule has 1 heterocycles. The normalized spacial score (nSPS) is 21.0. The van der Waals surface area contributed by atoms with Crippen LogP contribution < -0.4 is 0 Å². The molecule has 0 spiro atoms. The molecule has 0 bridgehead atoms. The van der Waals surface area contributed by atoms with Gasteiger partial charge in [-0.15, -0.1) is 0 Å². The lowest BCUT2D eigenvalue weighted by Crippen LogP contribution is -2.25. The third kappa shape index (κ3) is 3.24. The van der Waals surface area contributed by atoms with Gasteiger partial charge in [-0.3, -0.25) is 4.90 Å². The van der Waals surface area contributed by atoms with Crippen molar-refractivity contribution in [3.05, 3.63) is 29.3 Å². The summed E-state index contributed by atoms with van der Waals surface area (Å²) in [6.45, 7) is 9.10. The number of phenolic OH excluding ortho intramolecular Hbond substituents is 1. The maximum atomic E-state index is 13.3. The van der Waals surface area contributed by atoms with E-state index < -0.39 is 17.4 Å².